The number of hydrogen-bond acceptors (Lipinski definition) is 3. The van der Waals surface area contributed by atoms with Crippen LogP contribution in [-0.2, 0) is 15.5 Å². The minimum Gasteiger partial charge on any atom is -0.378 e. The molecule has 1 aliphatic rings. The normalized spacial score (nSPS) is 23.5. The van der Waals surface area contributed by atoms with E-state index in [9.17, 15) is 9.00 Å². The molecular weight excluding hydrogens is 286 g/mol. The predicted molar refractivity (Wildman–Crippen MR) is 83.9 cm³/mol. The Bertz CT molecular complexity index is 518. The van der Waals surface area contributed by atoms with Crippen molar-refractivity contribution in [2.24, 2.45) is 5.92 Å². The lowest BCUT2D eigenvalue weighted by molar-refractivity contribution is 0.00301. The maximum absolute atomic E-state index is 12.3. The summed E-state index contributed by atoms with van der Waals surface area (Å²) < 4.78 is 17.5. The van der Waals surface area contributed by atoms with Gasteiger partial charge in [-0.25, -0.2) is 0 Å². The molecule has 0 spiro atoms. The lowest BCUT2D eigenvalue weighted by Crippen LogP contribution is -2.34. The minimum absolute atomic E-state index is 0.133. The lowest BCUT2D eigenvalue weighted by Gasteiger charge is -2.27. The fourth-order valence-electron chi connectivity index (χ4n) is 2.62. The molecule has 1 N–H and O–H groups in total. The molecule has 1 amide bonds. The third-order valence-corrected chi connectivity index (χ3v) is 5.16. The fraction of sp³-hybridized carbons (Fsp3) is 0.562. The predicted octanol–water partition coefficient (Wildman–Crippen LogP) is 2.36. The Balaban J connectivity index is 1.99. The number of benzene rings is 1. The first-order chi connectivity index (χ1) is 10.1. The first kappa shape index (κ1) is 16.2. The Morgan fingerprint density at radius 1 is 1.43 bits per heavy atom. The van der Waals surface area contributed by atoms with Crippen molar-refractivity contribution in [2.45, 2.75) is 37.7 Å². The van der Waals surface area contributed by atoms with Gasteiger partial charge in [-0.1, -0.05) is 19.1 Å². The van der Waals surface area contributed by atoms with Gasteiger partial charge in [0.2, 0.25) is 0 Å². The minimum atomic E-state index is -1.12. The first-order valence-electron chi connectivity index (χ1n) is 7.49. The van der Waals surface area contributed by atoms with Crippen molar-refractivity contribution in [3.63, 3.8) is 0 Å². The Kier molecular flexibility index (Phi) is 5.94. The molecule has 1 aromatic rings. The molecule has 3 unspecified atom stereocenters. The van der Waals surface area contributed by atoms with Crippen LogP contribution in [0.15, 0.2) is 29.2 Å². The summed E-state index contributed by atoms with van der Waals surface area (Å²) in [5.74, 6) is 0.843. The summed E-state index contributed by atoms with van der Waals surface area (Å²) in [4.78, 5) is 13.0. The molecule has 3 atom stereocenters. The summed E-state index contributed by atoms with van der Waals surface area (Å²) in [6.07, 6.45) is 2.22. The zero-order valence-corrected chi connectivity index (χ0v) is 13.4. The molecule has 0 radical (unpaired) electrons. The van der Waals surface area contributed by atoms with Crippen LogP contribution in [0.4, 0.5) is 0 Å². The lowest BCUT2D eigenvalue weighted by atomic mass is 9.96. The van der Waals surface area contributed by atoms with Gasteiger partial charge in [-0.05, 0) is 37.8 Å². The summed E-state index contributed by atoms with van der Waals surface area (Å²) >= 11 is 0. The number of rotatable bonds is 5. The van der Waals surface area contributed by atoms with Crippen LogP contribution in [0.2, 0.25) is 0 Å². The molecule has 1 fully saturated rings. The van der Waals surface area contributed by atoms with Crippen LogP contribution in [0.25, 0.3) is 0 Å². The molecule has 4 nitrogen and oxygen atoms in total. The van der Waals surface area contributed by atoms with E-state index < -0.39 is 10.8 Å². The van der Waals surface area contributed by atoms with Crippen LogP contribution < -0.4 is 5.32 Å². The van der Waals surface area contributed by atoms with Crippen LogP contribution in [0.5, 0.6) is 0 Å². The van der Waals surface area contributed by atoms with E-state index in [1.54, 1.807) is 12.1 Å². The highest BCUT2D eigenvalue weighted by molar-refractivity contribution is 7.85. The largest absolute Gasteiger partial charge is 0.378 e. The molecular formula is C16H23NO3S. The van der Waals surface area contributed by atoms with Gasteiger partial charge in [0.1, 0.15) is 0 Å². The zero-order valence-electron chi connectivity index (χ0n) is 12.6. The average Bonchev–Trinajstić information content (AvgIpc) is 2.52. The van der Waals surface area contributed by atoms with Crippen molar-refractivity contribution in [2.75, 3.05) is 18.9 Å². The number of carbonyl (C=O) groups excluding carboxylic acids is 1. The van der Waals surface area contributed by atoms with Gasteiger partial charge < -0.3 is 10.1 Å². The van der Waals surface area contributed by atoms with Crippen LogP contribution in [0.1, 0.15) is 37.0 Å². The Morgan fingerprint density at radius 2 is 2.19 bits per heavy atom. The second-order valence-corrected chi connectivity index (χ2v) is 7.12. The fourth-order valence-corrected chi connectivity index (χ4v) is 3.56. The second kappa shape index (κ2) is 7.71. The summed E-state index contributed by atoms with van der Waals surface area (Å²) in [7, 11) is -1.12. The van der Waals surface area contributed by atoms with E-state index in [0.717, 1.165) is 19.4 Å². The second-order valence-electron chi connectivity index (χ2n) is 5.41. The molecule has 2 rings (SSSR count). The van der Waals surface area contributed by atoms with E-state index >= 15 is 0 Å². The summed E-state index contributed by atoms with van der Waals surface area (Å²) in [5, 5.41) is 2.98. The van der Waals surface area contributed by atoms with Crippen molar-refractivity contribution in [1.82, 2.24) is 5.32 Å². The highest BCUT2D eigenvalue weighted by atomic mass is 32.2. The molecule has 1 saturated heterocycles. The molecule has 5 heteroatoms. The number of hydrogen-bond donors (Lipinski definition) is 1. The van der Waals surface area contributed by atoms with E-state index in [4.69, 9.17) is 4.74 Å². The van der Waals surface area contributed by atoms with Crippen molar-refractivity contribution in [3.8, 4) is 0 Å². The standard InChI is InChI=1S/C16H23NO3S/c1-3-21(19)15-7-5-4-6-14(15)16(18)17-11-13-8-9-20-12(2)10-13/h4-7,12-13H,3,8-11H2,1-2H3,(H,17,18). The topological polar surface area (TPSA) is 55.4 Å². The van der Waals surface area contributed by atoms with Gasteiger partial charge >= 0.3 is 0 Å². The number of amides is 1. The molecule has 0 aromatic heterocycles. The molecule has 1 heterocycles. The van der Waals surface area contributed by atoms with Crippen LogP contribution >= 0.6 is 0 Å². The van der Waals surface area contributed by atoms with Gasteiger partial charge in [0.15, 0.2) is 0 Å². The van der Waals surface area contributed by atoms with Crippen molar-refractivity contribution < 1.29 is 13.7 Å². The SMILES string of the molecule is CCS(=O)c1ccccc1C(=O)NCC1CCOC(C)C1. The Morgan fingerprint density at radius 3 is 2.90 bits per heavy atom. The van der Waals surface area contributed by atoms with Gasteiger partial charge in [-0.3, -0.25) is 9.00 Å². The van der Waals surface area contributed by atoms with E-state index in [1.807, 2.05) is 19.1 Å². The monoisotopic (exact) mass is 309 g/mol. The van der Waals surface area contributed by atoms with E-state index in [0.29, 0.717) is 28.7 Å². The van der Waals surface area contributed by atoms with Crippen LogP contribution in [0.3, 0.4) is 0 Å². The summed E-state index contributed by atoms with van der Waals surface area (Å²) in [6, 6.07) is 7.14. The smallest absolute Gasteiger partial charge is 0.252 e. The number of ether oxygens (including phenoxy) is 1. The van der Waals surface area contributed by atoms with Gasteiger partial charge in [-0.2, -0.15) is 0 Å². The highest BCUT2D eigenvalue weighted by Crippen LogP contribution is 2.19. The maximum Gasteiger partial charge on any atom is 0.252 e. The van der Waals surface area contributed by atoms with Crippen LogP contribution in [-0.4, -0.2) is 35.1 Å². The van der Waals surface area contributed by atoms with Crippen molar-refractivity contribution in [3.05, 3.63) is 29.8 Å². The van der Waals surface area contributed by atoms with Gasteiger partial charge in [-0.15, -0.1) is 0 Å². The molecule has 21 heavy (non-hydrogen) atoms. The average molecular weight is 309 g/mol. The Labute approximate surface area is 128 Å². The molecule has 0 aliphatic carbocycles. The zero-order chi connectivity index (χ0) is 15.2. The quantitative estimate of drug-likeness (QED) is 0.908. The third-order valence-electron chi connectivity index (χ3n) is 3.78. The van der Waals surface area contributed by atoms with Gasteiger partial charge in [0.05, 0.1) is 27.4 Å². The van der Waals surface area contributed by atoms with Gasteiger partial charge in [0, 0.05) is 18.9 Å². The number of nitrogens with one attached hydrogen (secondary N) is 1. The molecule has 116 valence electrons. The molecule has 1 aromatic carbocycles. The molecule has 0 bridgehead atoms. The molecule has 1 aliphatic heterocycles. The third kappa shape index (κ3) is 4.38. The van der Waals surface area contributed by atoms with Crippen LogP contribution in [0, 0.1) is 5.92 Å². The van der Waals surface area contributed by atoms with E-state index in [1.165, 1.54) is 0 Å². The Hall–Kier alpha value is -1.20. The first-order valence-corrected chi connectivity index (χ1v) is 8.81. The van der Waals surface area contributed by atoms with Crippen molar-refractivity contribution in [1.29, 1.82) is 0 Å². The summed E-state index contributed by atoms with van der Waals surface area (Å²) in [5.41, 5.74) is 0.526. The highest BCUT2D eigenvalue weighted by Gasteiger charge is 2.21. The van der Waals surface area contributed by atoms with E-state index in [2.05, 4.69) is 12.2 Å². The van der Waals surface area contributed by atoms with Gasteiger partial charge in [0.25, 0.3) is 5.91 Å². The summed E-state index contributed by atoms with van der Waals surface area (Å²) in [6.45, 7) is 5.33. The number of carbonyl (C=O) groups is 1. The maximum atomic E-state index is 12.3. The van der Waals surface area contributed by atoms with E-state index in [-0.39, 0.29) is 12.0 Å². The van der Waals surface area contributed by atoms with Crippen molar-refractivity contribution >= 4 is 16.7 Å². The molecule has 0 saturated carbocycles.